The van der Waals surface area contributed by atoms with Crippen molar-refractivity contribution < 1.29 is 14.5 Å². The van der Waals surface area contributed by atoms with Crippen LogP contribution in [0.2, 0.25) is 0 Å². The van der Waals surface area contributed by atoms with Gasteiger partial charge in [-0.1, -0.05) is 15.9 Å². The lowest BCUT2D eigenvalue weighted by Crippen LogP contribution is -3.19. The average molecular weight is 355 g/mol. The fourth-order valence-corrected chi connectivity index (χ4v) is 4.41. The summed E-state index contributed by atoms with van der Waals surface area (Å²) in [7, 11) is 1.77. The number of halogens is 1. The Balaban J connectivity index is 1.56. The highest BCUT2D eigenvalue weighted by molar-refractivity contribution is 9.10. The minimum absolute atomic E-state index is 0.931. The number of benzene rings is 1. The molecular formula is C17H27BrN2O+2. The van der Waals surface area contributed by atoms with E-state index >= 15 is 0 Å². The van der Waals surface area contributed by atoms with Crippen LogP contribution in [0.25, 0.3) is 0 Å². The summed E-state index contributed by atoms with van der Waals surface area (Å²) in [5, 5.41) is 0. The molecule has 2 N–H and O–H groups in total. The van der Waals surface area contributed by atoms with Crippen LogP contribution in [0.1, 0.15) is 31.2 Å². The largest absolute Gasteiger partial charge is 0.496 e. The van der Waals surface area contributed by atoms with Crippen molar-refractivity contribution in [2.24, 2.45) is 0 Å². The van der Waals surface area contributed by atoms with Crippen LogP contribution in [0.15, 0.2) is 22.7 Å². The molecule has 1 aromatic carbocycles. The van der Waals surface area contributed by atoms with Crippen molar-refractivity contribution in [1.82, 2.24) is 0 Å². The van der Waals surface area contributed by atoms with Crippen LogP contribution >= 0.6 is 15.9 Å². The Hall–Kier alpha value is -0.580. The Morgan fingerprint density at radius 1 is 1.14 bits per heavy atom. The molecule has 0 unspecified atom stereocenters. The third-order valence-corrected chi connectivity index (χ3v) is 5.69. The number of hydrogen-bond acceptors (Lipinski definition) is 1. The standard InChI is InChI=1S/C17H25BrN2O/c1-21-17-5-4-15(18)12-14(17)13-19-10-6-16(7-11-19)20-8-2-3-9-20/h4-5,12,16H,2-3,6-11,13H2,1H3/p+2. The molecule has 0 aliphatic carbocycles. The maximum Gasteiger partial charge on any atom is 0.127 e. The maximum atomic E-state index is 5.51. The second-order valence-electron chi connectivity index (χ2n) is 6.52. The number of hydrogen-bond donors (Lipinski definition) is 2. The van der Waals surface area contributed by atoms with Crippen LogP contribution in [0.3, 0.4) is 0 Å². The molecule has 0 radical (unpaired) electrons. The van der Waals surface area contributed by atoms with Gasteiger partial charge in [-0.15, -0.1) is 0 Å². The molecule has 2 aliphatic rings. The number of quaternary nitrogens is 2. The Morgan fingerprint density at radius 2 is 1.86 bits per heavy atom. The molecule has 4 heteroatoms. The Bertz CT molecular complexity index is 466. The molecule has 0 atom stereocenters. The van der Waals surface area contributed by atoms with E-state index < -0.39 is 0 Å². The fraction of sp³-hybridized carbons (Fsp3) is 0.647. The molecule has 2 saturated heterocycles. The molecule has 0 amide bonds. The summed E-state index contributed by atoms with van der Waals surface area (Å²) in [5.41, 5.74) is 1.33. The molecule has 2 fully saturated rings. The van der Waals surface area contributed by atoms with E-state index in [1.807, 2.05) is 4.90 Å². The normalized spacial score (nSPS) is 27.0. The lowest BCUT2D eigenvalue weighted by atomic mass is 10.0. The van der Waals surface area contributed by atoms with Crippen LogP contribution in [0, 0.1) is 0 Å². The molecule has 3 nitrogen and oxygen atoms in total. The predicted molar refractivity (Wildman–Crippen MR) is 88.0 cm³/mol. The van der Waals surface area contributed by atoms with Gasteiger partial charge in [0.25, 0.3) is 0 Å². The highest BCUT2D eigenvalue weighted by Crippen LogP contribution is 2.22. The van der Waals surface area contributed by atoms with Crippen molar-refractivity contribution in [3.63, 3.8) is 0 Å². The summed E-state index contributed by atoms with van der Waals surface area (Å²) in [5.74, 6) is 1.03. The summed E-state index contributed by atoms with van der Waals surface area (Å²) in [6.07, 6.45) is 5.66. The first-order valence-electron chi connectivity index (χ1n) is 8.27. The summed E-state index contributed by atoms with van der Waals surface area (Å²) in [6, 6.07) is 7.27. The van der Waals surface area contributed by atoms with Crippen molar-refractivity contribution in [2.75, 3.05) is 33.3 Å². The molecule has 0 saturated carbocycles. The number of methoxy groups -OCH3 is 1. The van der Waals surface area contributed by atoms with Crippen LogP contribution < -0.4 is 14.5 Å². The van der Waals surface area contributed by atoms with Gasteiger partial charge in [0.1, 0.15) is 12.3 Å². The predicted octanol–water partition coefficient (Wildman–Crippen LogP) is 0.684. The van der Waals surface area contributed by atoms with E-state index in [1.165, 1.54) is 57.4 Å². The van der Waals surface area contributed by atoms with Gasteiger partial charge in [-0.3, -0.25) is 0 Å². The second kappa shape index (κ2) is 7.12. The fourth-order valence-electron chi connectivity index (χ4n) is 4.00. The van der Waals surface area contributed by atoms with Gasteiger partial charge < -0.3 is 14.5 Å². The lowest BCUT2D eigenvalue weighted by molar-refractivity contribution is -0.957. The van der Waals surface area contributed by atoms with Gasteiger partial charge in [-0.25, -0.2) is 0 Å². The van der Waals surface area contributed by atoms with E-state index in [4.69, 9.17) is 4.74 Å². The Morgan fingerprint density at radius 3 is 2.52 bits per heavy atom. The molecule has 0 bridgehead atoms. The zero-order valence-corrected chi connectivity index (χ0v) is 14.5. The first kappa shape index (κ1) is 15.3. The van der Waals surface area contributed by atoms with E-state index in [-0.39, 0.29) is 0 Å². The SMILES string of the molecule is COc1ccc(Br)cc1C[NH+]1CCC([NH+]2CCCC2)CC1. The topological polar surface area (TPSA) is 18.1 Å². The van der Waals surface area contributed by atoms with E-state index in [9.17, 15) is 0 Å². The monoisotopic (exact) mass is 354 g/mol. The first-order chi connectivity index (χ1) is 10.3. The number of ether oxygens (including phenoxy) is 1. The third kappa shape index (κ3) is 3.79. The molecule has 1 aromatic rings. The number of piperidine rings is 1. The van der Waals surface area contributed by atoms with Gasteiger partial charge >= 0.3 is 0 Å². The quantitative estimate of drug-likeness (QED) is 0.813. The molecule has 2 heterocycles. The molecule has 116 valence electrons. The lowest BCUT2D eigenvalue weighted by Gasteiger charge is -2.32. The Labute approximate surface area is 136 Å². The summed E-state index contributed by atoms with van der Waals surface area (Å²) in [4.78, 5) is 3.59. The van der Waals surface area contributed by atoms with Crippen molar-refractivity contribution in [3.8, 4) is 5.75 Å². The van der Waals surface area contributed by atoms with Gasteiger partial charge in [-0.2, -0.15) is 0 Å². The number of likely N-dealkylation sites (tertiary alicyclic amines) is 2. The van der Waals surface area contributed by atoms with Crippen LogP contribution in [-0.2, 0) is 6.54 Å². The van der Waals surface area contributed by atoms with Crippen molar-refractivity contribution >= 4 is 15.9 Å². The smallest absolute Gasteiger partial charge is 0.127 e. The highest BCUT2D eigenvalue weighted by Gasteiger charge is 2.31. The molecule has 3 rings (SSSR count). The van der Waals surface area contributed by atoms with Gasteiger partial charge in [0.05, 0.1) is 39.3 Å². The van der Waals surface area contributed by atoms with Gasteiger partial charge in [0.15, 0.2) is 0 Å². The minimum atomic E-state index is 0.931. The van der Waals surface area contributed by atoms with Gasteiger partial charge in [-0.05, 0) is 18.2 Å². The van der Waals surface area contributed by atoms with E-state index in [0.717, 1.165) is 22.8 Å². The molecule has 0 aromatic heterocycles. The number of nitrogens with one attached hydrogen (secondary N) is 2. The van der Waals surface area contributed by atoms with Crippen molar-refractivity contribution in [3.05, 3.63) is 28.2 Å². The highest BCUT2D eigenvalue weighted by atomic mass is 79.9. The van der Waals surface area contributed by atoms with Crippen molar-refractivity contribution in [1.29, 1.82) is 0 Å². The Kier molecular flexibility index (Phi) is 5.19. The second-order valence-corrected chi connectivity index (χ2v) is 7.44. The summed E-state index contributed by atoms with van der Waals surface area (Å²) < 4.78 is 6.65. The average Bonchev–Trinajstić information content (AvgIpc) is 3.03. The first-order valence-corrected chi connectivity index (χ1v) is 9.06. The zero-order chi connectivity index (χ0) is 14.7. The molecule has 2 aliphatic heterocycles. The summed E-state index contributed by atoms with van der Waals surface area (Å²) in [6.45, 7) is 6.54. The van der Waals surface area contributed by atoms with Crippen molar-refractivity contribution in [2.45, 2.75) is 38.3 Å². The third-order valence-electron chi connectivity index (χ3n) is 5.20. The maximum absolute atomic E-state index is 5.51. The van der Waals surface area contributed by atoms with E-state index in [1.54, 1.807) is 12.0 Å². The minimum Gasteiger partial charge on any atom is -0.496 e. The molecule has 0 spiro atoms. The van der Waals surface area contributed by atoms with Gasteiger partial charge in [0, 0.05) is 35.7 Å². The zero-order valence-electron chi connectivity index (χ0n) is 13.0. The van der Waals surface area contributed by atoms with Crippen LogP contribution in [0.5, 0.6) is 5.75 Å². The van der Waals surface area contributed by atoms with Gasteiger partial charge in [0.2, 0.25) is 0 Å². The van der Waals surface area contributed by atoms with E-state index in [2.05, 4.69) is 34.1 Å². The molecule has 21 heavy (non-hydrogen) atoms. The summed E-state index contributed by atoms with van der Waals surface area (Å²) >= 11 is 3.58. The number of rotatable bonds is 4. The molecular weight excluding hydrogens is 328 g/mol. The van der Waals surface area contributed by atoms with Crippen LogP contribution in [-0.4, -0.2) is 39.3 Å². The van der Waals surface area contributed by atoms with Crippen LogP contribution in [0.4, 0.5) is 0 Å². The van der Waals surface area contributed by atoms with E-state index in [0.29, 0.717) is 0 Å².